The number of aromatic nitrogens is 2. The van der Waals surface area contributed by atoms with E-state index < -0.39 is 0 Å². The summed E-state index contributed by atoms with van der Waals surface area (Å²) in [6.07, 6.45) is 1.56. The van der Waals surface area contributed by atoms with Crippen molar-refractivity contribution in [1.82, 2.24) is 10.2 Å². The van der Waals surface area contributed by atoms with Gasteiger partial charge in [-0.05, 0) is 23.0 Å². The average molecular weight is 349 g/mol. The van der Waals surface area contributed by atoms with Crippen LogP contribution in [0.15, 0.2) is 22.9 Å². The lowest BCUT2D eigenvalue weighted by atomic mass is 10.1. The highest BCUT2D eigenvalue weighted by molar-refractivity contribution is 5.53. The molecule has 0 unspecified atom stereocenters. The summed E-state index contributed by atoms with van der Waals surface area (Å²) in [6.45, 7) is 4.16. The van der Waals surface area contributed by atoms with Crippen molar-refractivity contribution >= 4 is 0 Å². The Kier molecular flexibility index (Phi) is 5.13. The maximum Gasteiger partial charge on any atom is 0.286 e. The molecule has 1 aliphatic heterocycles. The Hall–Kier alpha value is -2.68. The van der Waals surface area contributed by atoms with Gasteiger partial charge in [0.2, 0.25) is 5.75 Å². The first-order valence-electron chi connectivity index (χ1n) is 8.01. The Morgan fingerprint density at radius 2 is 1.72 bits per heavy atom. The average Bonchev–Trinajstić information content (AvgIpc) is 3.07. The Morgan fingerprint density at radius 1 is 1.08 bits per heavy atom. The number of nitrogens with one attached hydrogen (secondary N) is 1. The lowest BCUT2D eigenvalue weighted by Gasteiger charge is -2.35. The van der Waals surface area contributed by atoms with Crippen LogP contribution in [0.2, 0.25) is 0 Å². The van der Waals surface area contributed by atoms with Gasteiger partial charge in [-0.1, -0.05) is 4.79 Å². The van der Waals surface area contributed by atoms with Gasteiger partial charge >= 0.3 is 0 Å². The van der Waals surface area contributed by atoms with Gasteiger partial charge in [-0.2, -0.15) is 0 Å². The predicted octanol–water partition coefficient (Wildman–Crippen LogP) is -0.517. The number of hydrogen-bond acceptors (Lipinski definition) is 7. The van der Waals surface area contributed by atoms with Crippen LogP contribution in [0.25, 0.3) is 0 Å². The molecule has 0 saturated carbocycles. The normalized spacial score (nSPS) is 15.2. The largest absolute Gasteiger partial charge is 0.493 e. The first-order valence-corrected chi connectivity index (χ1v) is 8.01. The fourth-order valence-corrected chi connectivity index (χ4v) is 2.96. The maximum atomic E-state index is 7.41. The highest BCUT2D eigenvalue weighted by Gasteiger charge is 2.20. The van der Waals surface area contributed by atoms with Crippen LogP contribution in [0.1, 0.15) is 5.56 Å². The molecule has 1 aromatic heterocycles. The molecule has 9 nitrogen and oxygen atoms in total. The van der Waals surface area contributed by atoms with E-state index in [9.17, 15) is 0 Å². The minimum atomic E-state index is 0.0554. The minimum Gasteiger partial charge on any atom is -0.493 e. The molecule has 0 atom stereocenters. The van der Waals surface area contributed by atoms with E-state index in [1.165, 1.54) is 0 Å². The fraction of sp³-hybridized carbons (Fsp3) is 0.500. The highest BCUT2D eigenvalue weighted by atomic mass is 16.5. The van der Waals surface area contributed by atoms with Gasteiger partial charge in [0.05, 0.1) is 21.3 Å². The third kappa shape index (κ3) is 3.71. The molecule has 0 spiro atoms. The molecule has 1 saturated heterocycles. The second kappa shape index (κ2) is 7.47. The topological polar surface area (TPSA) is 89.1 Å². The van der Waals surface area contributed by atoms with Gasteiger partial charge < -0.3 is 18.7 Å². The van der Waals surface area contributed by atoms with Crippen LogP contribution in [0.3, 0.4) is 0 Å². The third-order valence-electron chi connectivity index (χ3n) is 4.22. The summed E-state index contributed by atoms with van der Waals surface area (Å²) >= 11 is 0. The number of hydrogen-bond donors (Lipinski definition) is 1. The van der Waals surface area contributed by atoms with Gasteiger partial charge in [0.15, 0.2) is 11.5 Å². The molecule has 0 aliphatic carbocycles. The zero-order valence-corrected chi connectivity index (χ0v) is 14.7. The molecule has 1 aromatic carbocycles. The van der Waals surface area contributed by atoms with E-state index in [2.05, 4.69) is 10.2 Å². The molecule has 0 radical (unpaired) electrons. The van der Waals surface area contributed by atoms with E-state index in [-0.39, 0.29) is 5.55 Å². The number of piperazine rings is 1. The van der Waals surface area contributed by atoms with E-state index >= 15 is 0 Å². The van der Waals surface area contributed by atoms with Gasteiger partial charge in [0.1, 0.15) is 0 Å². The van der Waals surface area contributed by atoms with Gasteiger partial charge in [-0.25, -0.2) is 0 Å². The van der Waals surface area contributed by atoms with E-state index in [4.69, 9.17) is 24.1 Å². The summed E-state index contributed by atoms with van der Waals surface area (Å²) in [5.41, 5.74) is 1.16. The van der Waals surface area contributed by atoms with Crippen molar-refractivity contribution in [3.05, 3.63) is 29.4 Å². The number of ether oxygens (including phenoxy) is 3. The zero-order chi connectivity index (χ0) is 17.8. The third-order valence-corrected chi connectivity index (χ3v) is 4.22. The second-order valence-corrected chi connectivity index (χ2v) is 5.75. The fourth-order valence-electron chi connectivity index (χ4n) is 2.96. The quantitative estimate of drug-likeness (QED) is 0.702. The van der Waals surface area contributed by atoms with Crippen molar-refractivity contribution in [2.75, 3.05) is 52.5 Å². The standard InChI is InChI=1S/C16H23N5O4/c1-22-13-8-12(9-14(23-2)16(13)24-3)10-19-4-6-20(7-5-19)21-11-15(17)25-18-21/h8-9,11,17H,4-7,10H2,1-3H3. The van der Waals surface area contributed by atoms with Crippen molar-refractivity contribution in [2.24, 2.45) is 0 Å². The van der Waals surface area contributed by atoms with Crippen LogP contribution in [0.4, 0.5) is 0 Å². The number of nitrogens with zero attached hydrogens (tertiary/aromatic N) is 4. The van der Waals surface area contributed by atoms with Crippen LogP contribution in [0.5, 0.6) is 17.2 Å². The predicted molar refractivity (Wildman–Crippen MR) is 87.4 cm³/mol. The molecule has 2 aromatic rings. The Bertz CT molecular complexity index is 739. The van der Waals surface area contributed by atoms with Gasteiger partial charge in [0, 0.05) is 32.7 Å². The molecule has 3 rings (SSSR count). The molecule has 136 valence electrons. The highest BCUT2D eigenvalue weighted by Crippen LogP contribution is 2.38. The van der Waals surface area contributed by atoms with Crippen LogP contribution in [-0.2, 0) is 6.54 Å². The number of rotatable bonds is 6. The molecule has 0 bridgehead atoms. The van der Waals surface area contributed by atoms with Crippen molar-refractivity contribution in [3.8, 4) is 17.2 Å². The lowest BCUT2D eigenvalue weighted by Crippen LogP contribution is -2.66. The molecule has 0 amide bonds. The number of benzene rings is 1. The van der Waals surface area contributed by atoms with E-state index in [1.807, 2.05) is 17.1 Å². The van der Waals surface area contributed by atoms with Crippen LogP contribution in [0, 0.1) is 5.41 Å². The Balaban J connectivity index is 1.66. The molecule has 1 N–H and O–H groups in total. The van der Waals surface area contributed by atoms with Crippen molar-refractivity contribution in [3.63, 3.8) is 0 Å². The first kappa shape index (κ1) is 17.2. The van der Waals surface area contributed by atoms with E-state index in [1.54, 1.807) is 32.3 Å². The molecule has 1 fully saturated rings. The minimum absolute atomic E-state index is 0.0554. The van der Waals surface area contributed by atoms with Gasteiger partial charge in [-0.3, -0.25) is 15.3 Å². The summed E-state index contributed by atoms with van der Waals surface area (Å²) in [5.74, 6) is 1.93. The summed E-state index contributed by atoms with van der Waals surface area (Å²) in [5, 5.41) is 13.3. The lowest BCUT2D eigenvalue weighted by molar-refractivity contribution is -0.764. The van der Waals surface area contributed by atoms with Crippen LogP contribution >= 0.6 is 0 Å². The molecule has 1 aliphatic rings. The van der Waals surface area contributed by atoms with Crippen molar-refractivity contribution in [2.45, 2.75) is 6.54 Å². The van der Waals surface area contributed by atoms with E-state index in [0.717, 1.165) is 38.3 Å². The Morgan fingerprint density at radius 3 is 2.20 bits per heavy atom. The monoisotopic (exact) mass is 349 g/mol. The SMILES string of the molecule is COc1cc(CN2CCN([n+]3cc(=N)o[n-]3)CC2)cc(OC)c1OC. The molecular weight excluding hydrogens is 326 g/mol. The van der Waals surface area contributed by atoms with Gasteiger partial charge in [-0.15, -0.1) is 0 Å². The molecule has 2 heterocycles. The van der Waals surface area contributed by atoms with Gasteiger partial charge in [0.25, 0.3) is 11.8 Å². The number of methoxy groups -OCH3 is 3. The summed E-state index contributed by atoms with van der Waals surface area (Å²) in [6, 6.07) is 3.96. The summed E-state index contributed by atoms with van der Waals surface area (Å²) in [4.78, 5) is 3.94. The molecular formula is C16H23N5O4. The summed E-state index contributed by atoms with van der Waals surface area (Å²) in [7, 11) is 4.84. The second-order valence-electron chi connectivity index (χ2n) is 5.75. The Labute approximate surface area is 145 Å². The molecule has 25 heavy (non-hydrogen) atoms. The van der Waals surface area contributed by atoms with Crippen LogP contribution in [-0.4, -0.2) is 52.4 Å². The van der Waals surface area contributed by atoms with Crippen molar-refractivity contribution in [1.29, 1.82) is 5.41 Å². The molecule has 9 heteroatoms. The smallest absolute Gasteiger partial charge is 0.286 e. The maximum absolute atomic E-state index is 7.41. The summed E-state index contributed by atoms with van der Waals surface area (Å²) < 4.78 is 21.0. The van der Waals surface area contributed by atoms with E-state index in [0.29, 0.717) is 17.2 Å². The van der Waals surface area contributed by atoms with Crippen LogP contribution < -0.4 is 34.8 Å². The van der Waals surface area contributed by atoms with Crippen molar-refractivity contribution < 1.29 is 23.5 Å². The first-order chi connectivity index (χ1) is 12.1. The zero-order valence-electron chi connectivity index (χ0n) is 14.7.